The monoisotopic (exact) mass is 407 g/mol. The van der Waals surface area contributed by atoms with E-state index in [1.54, 1.807) is 24.2 Å². The second-order valence-corrected chi connectivity index (χ2v) is 7.04. The van der Waals surface area contributed by atoms with Crippen molar-refractivity contribution in [1.82, 2.24) is 20.4 Å². The van der Waals surface area contributed by atoms with Crippen LogP contribution >= 0.6 is 0 Å². The molecule has 10 heteroatoms. The first-order valence-corrected chi connectivity index (χ1v) is 9.33. The Kier molecular flexibility index (Phi) is 5.08. The molecule has 0 bridgehead atoms. The molecular weight excluding hydrogens is 384 g/mol. The minimum absolute atomic E-state index is 0. The van der Waals surface area contributed by atoms with Crippen molar-refractivity contribution >= 4 is 11.8 Å². The number of ether oxygens (including phenoxy) is 2. The minimum Gasteiger partial charge on any atom is -0.395 e. The maximum Gasteiger partial charge on any atom is 0.586 e. The molecule has 0 aliphatic carbocycles. The number of amides is 2. The Morgan fingerprint density at radius 2 is 2.21 bits per heavy atom. The number of halogens is 2. The number of rotatable bonds is 4. The van der Waals surface area contributed by atoms with Crippen molar-refractivity contribution in [3.63, 3.8) is 0 Å². The van der Waals surface area contributed by atoms with Crippen LogP contribution in [0.1, 0.15) is 19.8 Å². The summed E-state index contributed by atoms with van der Waals surface area (Å²) in [6.45, 7) is 1.72. The molecule has 1 fully saturated rings. The van der Waals surface area contributed by atoms with Gasteiger partial charge in [0, 0.05) is 34.3 Å². The van der Waals surface area contributed by atoms with Gasteiger partial charge in [-0.3, -0.25) is 0 Å². The topological polar surface area (TPSA) is 79.8 Å². The third-order valence-electron chi connectivity index (χ3n) is 5.06. The number of carbonyl (C=O) groups excluding carboxylic acids is 1. The average molecular weight is 407 g/mol. The number of piperidine rings is 1. The summed E-state index contributed by atoms with van der Waals surface area (Å²) < 4.78 is 35.0. The maximum atomic E-state index is 13.1. The fraction of sp³-hybridized carbons (Fsp3) is 0.421. The van der Waals surface area contributed by atoms with Gasteiger partial charge in [0.05, 0.1) is 6.04 Å². The van der Waals surface area contributed by atoms with Crippen molar-refractivity contribution in [2.45, 2.75) is 31.7 Å². The highest BCUT2D eigenvalue weighted by Gasteiger charge is 2.43. The number of anilines is 1. The molecule has 3 heterocycles. The van der Waals surface area contributed by atoms with E-state index in [1.165, 1.54) is 12.1 Å². The van der Waals surface area contributed by atoms with E-state index in [0.29, 0.717) is 12.1 Å². The number of alkyl halides is 2. The number of nitrogens with zero attached hydrogens (tertiary/aromatic N) is 4. The molecule has 1 atom stereocenters. The maximum absolute atomic E-state index is 13.1. The van der Waals surface area contributed by atoms with Crippen LogP contribution in [0, 0.1) is 0 Å². The van der Waals surface area contributed by atoms with E-state index in [-0.39, 0.29) is 31.5 Å². The summed E-state index contributed by atoms with van der Waals surface area (Å²) in [7, 11) is 1.75. The van der Waals surface area contributed by atoms with Gasteiger partial charge in [-0.15, -0.1) is 13.9 Å². The molecule has 1 aromatic carbocycles. The third kappa shape index (κ3) is 4.30. The first-order chi connectivity index (χ1) is 13.9. The molecule has 2 aromatic rings. The lowest BCUT2D eigenvalue weighted by molar-refractivity contribution is -0.286. The highest BCUT2D eigenvalue weighted by molar-refractivity contribution is 5.74. The number of urea groups is 1. The second-order valence-electron chi connectivity index (χ2n) is 7.04. The van der Waals surface area contributed by atoms with Crippen LogP contribution < -0.4 is 19.7 Å². The molecule has 1 aromatic heterocycles. The fourth-order valence-electron chi connectivity index (χ4n) is 3.51. The van der Waals surface area contributed by atoms with Gasteiger partial charge in [0.2, 0.25) is 0 Å². The van der Waals surface area contributed by atoms with Crippen LogP contribution in [-0.2, 0) is 6.54 Å². The van der Waals surface area contributed by atoms with Gasteiger partial charge in [-0.25, -0.2) is 4.79 Å². The lowest BCUT2D eigenvalue weighted by atomic mass is 10.0. The molecular formula is C19H23F2N5O3. The molecule has 2 amide bonds. The van der Waals surface area contributed by atoms with Crippen molar-refractivity contribution in [3.8, 4) is 11.5 Å². The number of aromatic nitrogens is 2. The lowest BCUT2D eigenvalue weighted by Crippen LogP contribution is -2.51. The van der Waals surface area contributed by atoms with Crippen molar-refractivity contribution in [1.29, 1.82) is 0 Å². The summed E-state index contributed by atoms with van der Waals surface area (Å²) >= 11 is 0. The van der Waals surface area contributed by atoms with Gasteiger partial charge in [-0.1, -0.05) is 6.07 Å². The van der Waals surface area contributed by atoms with Gasteiger partial charge < -0.3 is 24.6 Å². The van der Waals surface area contributed by atoms with Gasteiger partial charge in [-0.2, -0.15) is 5.10 Å². The van der Waals surface area contributed by atoms with Gasteiger partial charge in [0.15, 0.2) is 17.3 Å². The standard InChI is InChI=1S/C19H21F2N5O3.H2/c1-25(14-4-3-9-26(12-14)17-5-2-8-23-24-17)18(27)22-11-13-6-7-15-16(10-13)29-19(20,21)28-15;/h2,5-8,10,14H,3-4,9,11-12H2,1H3,(H,22,27);1H/t14-;/m1./s1. The zero-order valence-electron chi connectivity index (χ0n) is 15.8. The number of fused-ring (bicyclic) bond motifs is 1. The lowest BCUT2D eigenvalue weighted by Gasteiger charge is -2.37. The third-order valence-corrected chi connectivity index (χ3v) is 5.06. The zero-order chi connectivity index (χ0) is 20.4. The van der Waals surface area contributed by atoms with Gasteiger partial charge in [0.1, 0.15) is 0 Å². The largest absolute Gasteiger partial charge is 0.586 e. The van der Waals surface area contributed by atoms with E-state index in [4.69, 9.17) is 0 Å². The number of hydrogen-bond donors (Lipinski definition) is 1. The van der Waals surface area contributed by atoms with E-state index >= 15 is 0 Å². The Morgan fingerprint density at radius 3 is 3.00 bits per heavy atom. The molecule has 2 aliphatic rings. The van der Waals surface area contributed by atoms with Gasteiger partial charge >= 0.3 is 12.3 Å². The van der Waals surface area contributed by atoms with Crippen LogP contribution in [0.5, 0.6) is 11.5 Å². The predicted octanol–water partition coefficient (Wildman–Crippen LogP) is 2.85. The van der Waals surface area contributed by atoms with Crippen LogP contribution in [0.3, 0.4) is 0 Å². The van der Waals surface area contributed by atoms with Crippen LogP contribution in [0.15, 0.2) is 36.5 Å². The van der Waals surface area contributed by atoms with Gasteiger partial charge in [0.25, 0.3) is 0 Å². The van der Waals surface area contributed by atoms with Crippen molar-refractivity contribution in [2.24, 2.45) is 0 Å². The van der Waals surface area contributed by atoms with Gasteiger partial charge in [-0.05, 0) is 42.7 Å². The molecule has 4 rings (SSSR count). The number of nitrogens with one attached hydrogen (secondary N) is 1. The summed E-state index contributed by atoms with van der Waals surface area (Å²) in [5.41, 5.74) is 0.636. The van der Waals surface area contributed by atoms with E-state index in [9.17, 15) is 13.6 Å². The van der Waals surface area contributed by atoms with Crippen molar-refractivity contribution in [3.05, 3.63) is 42.1 Å². The molecule has 1 N–H and O–H groups in total. The zero-order valence-corrected chi connectivity index (χ0v) is 15.8. The fourth-order valence-corrected chi connectivity index (χ4v) is 3.51. The Hall–Kier alpha value is -3.17. The highest BCUT2D eigenvalue weighted by atomic mass is 19.3. The SMILES string of the molecule is CN(C(=O)NCc1ccc2c(c1)OC(F)(F)O2)[C@@H]1CCCN(c2cccnn2)C1.[HH]. The molecule has 156 valence electrons. The van der Waals surface area contributed by atoms with Crippen LogP contribution in [0.25, 0.3) is 0 Å². The van der Waals surface area contributed by atoms with E-state index in [2.05, 4.69) is 29.9 Å². The van der Waals surface area contributed by atoms with E-state index < -0.39 is 6.29 Å². The van der Waals surface area contributed by atoms with Crippen LogP contribution in [0.4, 0.5) is 19.4 Å². The van der Waals surface area contributed by atoms with Crippen LogP contribution in [0.2, 0.25) is 0 Å². The summed E-state index contributed by atoms with van der Waals surface area (Å²) in [4.78, 5) is 16.4. The molecule has 0 unspecified atom stereocenters. The Balaban J connectivity index is 0.00000256. The smallest absolute Gasteiger partial charge is 0.395 e. The summed E-state index contributed by atoms with van der Waals surface area (Å²) in [5, 5.41) is 10.9. The molecule has 0 radical (unpaired) electrons. The Labute approximate surface area is 167 Å². The molecule has 0 spiro atoms. The Bertz CT molecular complexity index is 890. The molecule has 29 heavy (non-hydrogen) atoms. The summed E-state index contributed by atoms with van der Waals surface area (Å²) in [6, 6.07) is 7.98. The number of benzene rings is 1. The van der Waals surface area contributed by atoms with Crippen molar-refractivity contribution < 1.29 is 24.5 Å². The van der Waals surface area contributed by atoms with E-state index in [0.717, 1.165) is 25.2 Å². The predicted molar refractivity (Wildman–Crippen MR) is 102 cm³/mol. The molecule has 1 saturated heterocycles. The van der Waals surface area contributed by atoms with Crippen molar-refractivity contribution in [2.75, 3.05) is 25.0 Å². The Morgan fingerprint density at radius 1 is 1.38 bits per heavy atom. The van der Waals surface area contributed by atoms with E-state index in [1.807, 2.05) is 12.1 Å². The first-order valence-electron chi connectivity index (χ1n) is 9.33. The summed E-state index contributed by atoms with van der Waals surface area (Å²) in [6.07, 6.45) is -0.197. The molecule has 2 aliphatic heterocycles. The quantitative estimate of drug-likeness (QED) is 0.840. The second kappa shape index (κ2) is 7.69. The number of likely N-dealkylation sites (N-methyl/N-ethyl adjacent to an activating group) is 1. The minimum atomic E-state index is -3.65. The first kappa shape index (κ1) is 19.2. The summed E-state index contributed by atoms with van der Waals surface area (Å²) in [5.74, 6) is 0.735. The van der Waals surface area contributed by atoms with Crippen LogP contribution in [-0.4, -0.2) is 53.6 Å². The number of carbonyl (C=O) groups is 1. The normalized spacial score (nSPS) is 19.7. The molecule has 0 saturated carbocycles. The molecule has 8 nitrogen and oxygen atoms in total. The number of hydrogen-bond acceptors (Lipinski definition) is 6. The highest BCUT2D eigenvalue weighted by Crippen LogP contribution is 2.41. The average Bonchev–Trinajstić information content (AvgIpc) is 3.05.